The molecule has 3 N–H and O–H groups in total. The van der Waals surface area contributed by atoms with Crippen molar-refractivity contribution in [3.63, 3.8) is 0 Å². The first kappa shape index (κ1) is 24.8. The quantitative estimate of drug-likeness (QED) is 0.516. The second kappa shape index (κ2) is 9.05. The monoisotopic (exact) mass is 517 g/mol. The van der Waals surface area contributed by atoms with Gasteiger partial charge in [0.05, 0.1) is 23.9 Å². The molecule has 1 atom stereocenters. The van der Waals surface area contributed by atoms with Crippen LogP contribution in [0.15, 0.2) is 33.7 Å². The maximum atomic E-state index is 14.0. The average Bonchev–Trinajstić information content (AvgIpc) is 3.52. The zero-order valence-corrected chi connectivity index (χ0v) is 22.5. The number of nitrogens with two attached hydrogens (primary N) is 1. The number of fused-ring (bicyclic) bond motifs is 2. The molecule has 1 aliphatic carbocycles. The highest BCUT2D eigenvalue weighted by molar-refractivity contribution is 6.02. The largest absolute Gasteiger partial charge is 0.464 e. The maximum absolute atomic E-state index is 14.0. The third-order valence-electron chi connectivity index (χ3n) is 8.62. The van der Waals surface area contributed by atoms with Gasteiger partial charge in [0.2, 0.25) is 0 Å². The minimum absolute atomic E-state index is 0.112. The molecule has 8 heteroatoms. The Morgan fingerprint density at radius 2 is 1.82 bits per heavy atom. The molecule has 38 heavy (non-hydrogen) atoms. The number of aromatic nitrogens is 1. The van der Waals surface area contributed by atoms with Crippen molar-refractivity contribution >= 4 is 5.91 Å². The number of rotatable bonds is 4. The van der Waals surface area contributed by atoms with E-state index in [1.165, 1.54) is 0 Å². The van der Waals surface area contributed by atoms with Crippen molar-refractivity contribution in [2.45, 2.75) is 78.2 Å². The molecule has 200 valence electrons. The summed E-state index contributed by atoms with van der Waals surface area (Å²) in [7, 11) is 0. The number of carbonyl (C=O) groups is 1. The molecule has 6 rings (SSSR count). The lowest BCUT2D eigenvalue weighted by Gasteiger charge is -2.36. The van der Waals surface area contributed by atoms with Gasteiger partial charge in [0.25, 0.3) is 17.3 Å². The smallest absolute Gasteiger partial charge is 0.254 e. The van der Waals surface area contributed by atoms with Gasteiger partial charge in [-0.2, -0.15) is 0 Å². The Labute approximate surface area is 222 Å². The highest BCUT2D eigenvalue weighted by atomic mass is 16.7. The maximum Gasteiger partial charge on any atom is 0.254 e. The fraction of sp³-hybridized carbons (Fsp3) is 0.467. The Morgan fingerprint density at radius 1 is 1.08 bits per heavy atom. The Hall–Kier alpha value is -3.52. The first-order chi connectivity index (χ1) is 18.2. The fourth-order valence-electron chi connectivity index (χ4n) is 6.49. The van der Waals surface area contributed by atoms with Crippen molar-refractivity contribution < 1.29 is 18.7 Å². The molecule has 1 aromatic carbocycles. The number of carbonyl (C=O) groups excluding carboxylic acids is 1. The van der Waals surface area contributed by atoms with Crippen LogP contribution in [-0.4, -0.2) is 34.2 Å². The summed E-state index contributed by atoms with van der Waals surface area (Å²) in [4.78, 5) is 31.4. The molecular formula is C30H35N3O5. The van der Waals surface area contributed by atoms with Gasteiger partial charge >= 0.3 is 0 Å². The third-order valence-corrected chi connectivity index (χ3v) is 8.62. The summed E-state index contributed by atoms with van der Waals surface area (Å²) >= 11 is 0. The van der Waals surface area contributed by atoms with Crippen molar-refractivity contribution in [1.82, 2.24) is 9.88 Å². The molecule has 1 saturated carbocycles. The SMILES string of the molecule is Cc1cc(C)c(CN2CCc3c(c(C)c4c(c3-c3ccco3)O[C@@](C)(C3CCC(N)CC3)O4)C2=O)c(=O)[nH]1. The van der Waals surface area contributed by atoms with E-state index in [1.54, 1.807) is 11.2 Å². The summed E-state index contributed by atoms with van der Waals surface area (Å²) in [5, 5.41) is 0. The van der Waals surface area contributed by atoms with Gasteiger partial charge in [-0.1, -0.05) is 0 Å². The molecule has 1 fully saturated rings. The van der Waals surface area contributed by atoms with E-state index >= 15 is 0 Å². The molecule has 3 aliphatic rings. The zero-order chi connectivity index (χ0) is 26.8. The van der Waals surface area contributed by atoms with Crippen LogP contribution in [0.5, 0.6) is 11.5 Å². The normalized spacial score (nSPS) is 24.6. The molecule has 0 bridgehead atoms. The fourth-order valence-corrected chi connectivity index (χ4v) is 6.49. The first-order valence-corrected chi connectivity index (χ1v) is 13.5. The standard InChI is InChI=1S/C30H35N3O5/c1-16-14-17(2)32-28(34)22(16)15-33-12-11-21-24(29(33)35)18(3)26-27(25(21)23-6-5-13-36-23)38-30(4,37-26)19-7-9-20(31)10-8-19/h5-6,13-14,19-20H,7-12,15,31H2,1-4H3,(H,32,34)/t19?,20?,30-/m0/s1. The van der Waals surface area contributed by atoms with E-state index in [9.17, 15) is 9.59 Å². The van der Waals surface area contributed by atoms with Crippen molar-refractivity contribution in [1.29, 1.82) is 0 Å². The Morgan fingerprint density at radius 3 is 2.50 bits per heavy atom. The summed E-state index contributed by atoms with van der Waals surface area (Å²) in [6.07, 6.45) is 5.99. The van der Waals surface area contributed by atoms with Crippen molar-refractivity contribution in [3.05, 3.63) is 68.3 Å². The lowest BCUT2D eigenvalue weighted by atomic mass is 9.81. The molecule has 4 heterocycles. The number of aromatic amines is 1. The molecule has 0 radical (unpaired) electrons. The van der Waals surface area contributed by atoms with Crippen LogP contribution >= 0.6 is 0 Å². The van der Waals surface area contributed by atoms with Crippen LogP contribution in [0, 0.1) is 26.7 Å². The van der Waals surface area contributed by atoms with E-state index in [1.807, 2.05) is 45.9 Å². The van der Waals surface area contributed by atoms with Gasteiger partial charge in [0.1, 0.15) is 5.76 Å². The van der Waals surface area contributed by atoms with Crippen LogP contribution in [0.1, 0.15) is 70.9 Å². The number of hydrogen-bond acceptors (Lipinski definition) is 6. The van der Waals surface area contributed by atoms with Crippen LogP contribution in [0.3, 0.4) is 0 Å². The minimum atomic E-state index is -0.840. The molecule has 2 aliphatic heterocycles. The Bertz CT molecular complexity index is 1470. The lowest BCUT2D eigenvalue weighted by Crippen LogP contribution is -2.46. The van der Waals surface area contributed by atoms with E-state index < -0.39 is 5.79 Å². The number of nitrogens with zero attached hydrogens (tertiary/aromatic N) is 1. The molecular weight excluding hydrogens is 482 g/mol. The topological polar surface area (TPSA) is 111 Å². The van der Waals surface area contributed by atoms with Gasteiger partial charge in [0.15, 0.2) is 11.5 Å². The predicted molar refractivity (Wildman–Crippen MR) is 143 cm³/mol. The van der Waals surface area contributed by atoms with Crippen molar-refractivity contribution in [2.75, 3.05) is 6.54 Å². The number of pyridine rings is 1. The van der Waals surface area contributed by atoms with E-state index in [-0.39, 0.29) is 30.0 Å². The van der Waals surface area contributed by atoms with Crippen molar-refractivity contribution in [3.8, 4) is 22.8 Å². The molecule has 1 amide bonds. The van der Waals surface area contributed by atoms with Gasteiger partial charge in [0, 0.05) is 42.2 Å². The van der Waals surface area contributed by atoms with Crippen LogP contribution in [0.2, 0.25) is 0 Å². The third kappa shape index (κ3) is 3.93. The van der Waals surface area contributed by atoms with Crippen molar-refractivity contribution in [2.24, 2.45) is 11.7 Å². The highest BCUT2D eigenvalue weighted by Crippen LogP contribution is 2.55. The number of amides is 1. The van der Waals surface area contributed by atoms with Gasteiger partial charge in [-0.3, -0.25) is 9.59 Å². The number of H-pyrrole nitrogens is 1. The molecule has 0 saturated heterocycles. The van der Waals surface area contributed by atoms with E-state index in [4.69, 9.17) is 19.6 Å². The number of aryl methyl sites for hydroxylation is 2. The van der Waals surface area contributed by atoms with Gasteiger partial charge in [-0.05, 0) is 82.2 Å². The second-order valence-corrected chi connectivity index (χ2v) is 11.2. The summed E-state index contributed by atoms with van der Waals surface area (Å²) in [6.45, 7) is 8.45. The van der Waals surface area contributed by atoms with Gasteiger partial charge in [-0.15, -0.1) is 0 Å². The Kier molecular flexibility index (Phi) is 5.90. The minimum Gasteiger partial charge on any atom is -0.464 e. The van der Waals surface area contributed by atoms with E-state index in [0.29, 0.717) is 41.4 Å². The Balaban J connectivity index is 1.42. The summed E-state index contributed by atoms with van der Waals surface area (Å²) in [6, 6.07) is 5.90. The molecule has 0 spiro atoms. The number of nitrogens with one attached hydrogen (secondary N) is 1. The zero-order valence-electron chi connectivity index (χ0n) is 22.5. The van der Waals surface area contributed by atoms with Crippen LogP contribution in [-0.2, 0) is 13.0 Å². The summed E-state index contributed by atoms with van der Waals surface area (Å²) in [5.74, 6) is 1.16. The van der Waals surface area contributed by atoms with Gasteiger partial charge < -0.3 is 29.5 Å². The summed E-state index contributed by atoms with van der Waals surface area (Å²) in [5.41, 5.74) is 11.4. The second-order valence-electron chi connectivity index (χ2n) is 11.2. The van der Waals surface area contributed by atoms with Gasteiger partial charge in [-0.25, -0.2) is 0 Å². The first-order valence-electron chi connectivity index (χ1n) is 13.5. The lowest BCUT2D eigenvalue weighted by molar-refractivity contribution is -0.120. The number of hydrogen-bond donors (Lipinski definition) is 2. The predicted octanol–water partition coefficient (Wildman–Crippen LogP) is 4.76. The number of furan rings is 1. The molecule has 2 aromatic heterocycles. The summed E-state index contributed by atoms with van der Waals surface area (Å²) < 4.78 is 19.2. The molecule has 0 unspecified atom stereocenters. The highest BCUT2D eigenvalue weighted by Gasteiger charge is 2.49. The molecule has 3 aromatic rings. The van der Waals surface area contributed by atoms with Crippen LogP contribution in [0.4, 0.5) is 0 Å². The van der Waals surface area contributed by atoms with Crippen LogP contribution < -0.4 is 20.8 Å². The molecule has 8 nitrogen and oxygen atoms in total. The van der Waals surface area contributed by atoms with Crippen LogP contribution in [0.25, 0.3) is 11.3 Å². The average molecular weight is 518 g/mol. The van der Waals surface area contributed by atoms with E-state index in [2.05, 4.69) is 4.98 Å². The number of ether oxygens (including phenoxy) is 2. The number of benzene rings is 1. The van der Waals surface area contributed by atoms with E-state index in [0.717, 1.165) is 53.6 Å².